The van der Waals surface area contributed by atoms with Crippen molar-refractivity contribution in [1.29, 1.82) is 5.26 Å². The topological polar surface area (TPSA) is 48.6 Å². The SMILES string of the molecule is N#Cc1ccc(CN2CCC(C3CC(Br)=NO3)CC2)cc1. The molecule has 3 rings (SSSR count). The zero-order chi connectivity index (χ0) is 14.7. The van der Waals surface area contributed by atoms with Crippen molar-refractivity contribution in [2.45, 2.75) is 31.9 Å². The van der Waals surface area contributed by atoms with Gasteiger partial charge in [-0.25, -0.2) is 0 Å². The second kappa shape index (κ2) is 6.59. The molecule has 4 nitrogen and oxygen atoms in total. The van der Waals surface area contributed by atoms with Crippen LogP contribution in [0.25, 0.3) is 0 Å². The Morgan fingerprint density at radius 3 is 2.57 bits per heavy atom. The van der Waals surface area contributed by atoms with E-state index >= 15 is 0 Å². The predicted molar refractivity (Wildman–Crippen MR) is 85.0 cm³/mol. The number of nitriles is 1. The molecule has 1 fully saturated rings. The summed E-state index contributed by atoms with van der Waals surface area (Å²) in [5.41, 5.74) is 2.00. The molecule has 2 aliphatic rings. The zero-order valence-corrected chi connectivity index (χ0v) is 13.4. The molecule has 2 heterocycles. The van der Waals surface area contributed by atoms with Gasteiger partial charge in [-0.2, -0.15) is 5.26 Å². The van der Waals surface area contributed by atoms with E-state index in [1.165, 1.54) is 5.56 Å². The van der Waals surface area contributed by atoms with Crippen molar-refractivity contribution in [3.05, 3.63) is 35.4 Å². The number of piperidine rings is 1. The van der Waals surface area contributed by atoms with Crippen LogP contribution >= 0.6 is 15.9 Å². The standard InChI is InChI=1S/C16H18BrN3O/c17-16-9-15(21-19-16)14-5-7-20(8-6-14)11-13-3-1-12(10-18)2-4-13/h1-4,14-15H,5-9,11H2. The number of nitrogens with zero attached hydrogens (tertiary/aromatic N) is 3. The van der Waals surface area contributed by atoms with Gasteiger partial charge in [0.25, 0.3) is 0 Å². The highest BCUT2D eigenvalue weighted by molar-refractivity contribution is 9.18. The average Bonchev–Trinajstić information content (AvgIpc) is 2.95. The minimum Gasteiger partial charge on any atom is -0.391 e. The summed E-state index contributed by atoms with van der Waals surface area (Å²) >= 11 is 3.40. The van der Waals surface area contributed by atoms with Crippen molar-refractivity contribution < 1.29 is 4.84 Å². The molecular weight excluding hydrogens is 330 g/mol. The Balaban J connectivity index is 1.48. The van der Waals surface area contributed by atoms with Crippen molar-refractivity contribution in [3.8, 4) is 6.07 Å². The van der Waals surface area contributed by atoms with Crippen LogP contribution < -0.4 is 0 Å². The van der Waals surface area contributed by atoms with E-state index < -0.39 is 0 Å². The predicted octanol–water partition coefficient (Wildman–Crippen LogP) is 3.27. The fourth-order valence-electron chi connectivity index (χ4n) is 3.04. The van der Waals surface area contributed by atoms with Gasteiger partial charge >= 0.3 is 0 Å². The number of halogens is 1. The van der Waals surface area contributed by atoms with Crippen LogP contribution in [-0.2, 0) is 11.4 Å². The monoisotopic (exact) mass is 347 g/mol. The van der Waals surface area contributed by atoms with Gasteiger partial charge in [0, 0.05) is 18.9 Å². The molecule has 0 radical (unpaired) electrons. The molecule has 1 saturated heterocycles. The van der Waals surface area contributed by atoms with Crippen LogP contribution in [0.1, 0.15) is 30.4 Å². The van der Waals surface area contributed by atoms with E-state index in [9.17, 15) is 0 Å². The lowest BCUT2D eigenvalue weighted by Gasteiger charge is -2.33. The number of likely N-dealkylation sites (tertiary alicyclic amines) is 1. The molecule has 0 aliphatic carbocycles. The van der Waals surface area contributed by atoms with Gasteiger partial charge in [-0.3, -0.25) is 4.90 Å². The molecule has 2 aliphatic heterocycles. The average molecular weight is 348 g/mol. The van der Waals surface area contributed by atoms with Crippen molar-refractivity contribution in [2.24, 2.45) is 11.1 Å². The van der Waals surface area contributed by atoms with Gasteiger partial charge in [-0.15, -0.1) is 0 Å². The first-order chi connectivity index (χ1) is 10.2. The first-order valence-electron chi connectivity index (χ1n) is 7.34. The van der Waals surface area contributed by atoms with E-state index in [1.807, 2.05) is 12.1 Å². The molecule has 1 aromatic carbocycles. The summed E-state index contributed by atoms with van der Waals surface area (Å²) < 4.78 is 0.938. The molecule has 0 aromatic heterocycles. The molecule has 1 atom stereocenters. The molecule has 1 aromatic rings. The Morgan fingerprint density at radius 2 is 2.00 bits per heavy atom. The van der Waals surface area contributed by atoms with E-state index in [0.717, 1.165) is 49.1 Å². The molecule has 0 amide bonds. The van der Waals surface area contributed by atoms with Crippen molar-refractivity contribution >= 4 is 20.6 Å². The van der Waals surface area contributed by atoms with E-state index in [4.69, 9.17) is 10.1 Å². The van der Waals surface area contributed by atoms with Crippen LogP contribution in [-0.4, -0.2) is 28.7 Å². The summed E-state index contributed by atoms with van der Waals surface area (Å²) in [6, 6.07) is 10.0. The van der Waals surface area contributed by atoms with E-state index in [-0.39, 0.29) is 6.10 Å². The molecule has 1 unspecified atom stereocenters. The number of rotatable bonds is 3. The van der Waals surface area contributed by atoms with E-state index in [0.29, 0.717) is 5.92 Å². The second-order valence-corrected chi connectivity index (χ2v) is 6.65. The van der Waals surface area contributed by atoms with Crippen LogP contribution in [0.15, 0.2) is 29.4 Å². The first kappa shape index (κ1) is 14.6. The molecule has 0 spiro atoms. The normalized spacial score (nSPS) is 23.4. The highest BCUT2D eigenvalue weighted by atomic mass is 79.9. The fourth-order valence-corrected chi connectivity index (χ4v) is 3.45. The summed E-state index contributed by atoms with van der Waals surface area (Å²) in [6.07, 6.45) is 3.50. The van der Waals surface area contributed by atoms with Crippen LogP contribution in [0.2, 0.25) is 0 Å². The molecular formula is C16H18BrN3O. The van der Waals surface area contributed by atoms with Gasteiger partial charge in [-0.1, -0.05) is 17.3 Å². The maximum atomic E-state index is 8.82. The smallest absolute Gasteiger partial charge is 0.136 e. The van der Waals surface area contributed by atoms with Crippen LogP contribution in [0, 0.1) is 17.2 Å². The van der Waals surface area contributed by atoms with Crippen LogP contribution in [0.5, 0.6) is 0 Å². The number of hydrogen-bond donors (Lipinski definition) is 0. The summed E-state index contributed by atoms with van der Waals surface area (Å²) in [5.74, 6) is 0.612. The van der Waals surface area contributed by atoms with Crippen molar-refractivity contribution in [2.75, 3.05) is 13.1 Å². The summed E-state index contributed by atoms with van der Waals surface area (Å²) in [7, 11) is 0. The van der Waals surface area contributed by atoms with Crippen molar-refractivity contribution in [3.63, 3.8) is 0 Å². The number of oxime groups is 1. The van der Waals surface area contributed by atoms with Gasteiger partial charge in [0.05, 0.1) is 11.6 Å². The molecule has 5 heteroatoms. The molecule has 110 valence electrons. The first-order valence-corrected chi connectivity index (χ1v) is 8.13. The van der Waals surface area contributed by atoms with Gasteiger partial charge in [0.15, 0.2) is 0 Å². The molecule has 0 N–H and O–H groups in total. The minimum atomic E-state index is 0.261. The van der Waals surface area contributed by atoms with Crippen molar-refractivity contribution in [1.82, 2.24) is 4.90 Å². The zero-order valence-electron chi connectivity index (χ0n) is 11.8. The summed E-state index contributed by atoms with van der Waals surface area (Å²) in [4.78, 5) is 7.95. The third-order valence-electron chi connectivity index (χ3n) is 4.30. The molecule has 0 bridgehead atoms. The van der Waals surface area contributed by atoms with E-state index in [2.05, 4.69) is 44.2 Å². The minimum absolute atomic E-state index is 0.261. The highest BCUT2D eigenvalue weighted by Crippen LogP contribution is 2.29. The Hall–Kier alpha value is -1.38. The third-order valence-corrected chi connectivity index (χ3v) is 4.77. The lowest BCUT2D eigenvalue weighted by Crippen LogP contribution is -2.37. The van der Waals surface area contributed by atoms with Gasteiger partial charge < -0.3 is 4.84 Å². The molecule has 21 heavy (non-hydrogen) atoms. The quantitative estimate of drug-likeness (QED) is 0.842. The van der Waals surface area contributed by atoms with E-state index in [1.54, 1.807) is 0 Å². The second-order valence-electron chi connectivity index (χ2n) is 5.74. The highest BCUT2D eigenvalue weighted by Gasteiger charge is 2.31. The largest absolute Gasteiger partial charge is 0.391 e. The molecule has 0 saturated carbocycles. The van der Waals surface area contributed by atoms with Crippen LogP contribution in [0.3, 0.4) is 0 Å². The lowest BCUT2D eigenvalue weighted by molar-refractivity contribution is 0.0127. The lowest BCUT2D eigenvalue weighted by atomic mass is 9.90. The Kier molecular flexibility index (Phi) is 4.57. The van der Waals surface area contributed by atoms with Gasteiger partial charge in [0.2, 0.25) is 0 Å². The number of hydrogen-bond acceptors (Lipinski definition) is 4. The Morgan fingerprint density at radius 1 is 1.29 bits per heavy atom. The number of benzene rings is 1. The Labute approximate surface area is 133 Å². The maximum Gasteiger partial charge on any atom is 0.136 e. The fraction of sp³-hybridized carbons (Fsp3) is 0.500. The van der Waals surface area contributed by atoms with Gasteiger partial charge in [-0.05, 0) is 59.6 Å². The van der Waals surface area contributed by atoms with Crippen LogP contribution in [0.4, 0.5) is 0 Å². The summed E-state index contributed by atoms with van der Waals surface area (Å²) in [5, 5.41) is 12.8. The summed E-state index contributed by atoms with van der Waals surface area (Å²) in [6.45, 7) is 3.16. The van der Waals surface area contributed by atoms with Gasteiger partial charge in [0.1, 0.15) is 10.7 Å². The third kappa shape index (κ3) is 3.63. The Bertz CT molecular complexity index is 556. The maximum absolute atomic E-state index is 8.82.